The van der Waals surface area contributed by atoms with Gasteiger partial charge in [-0.05, 0) is 12.1 Å². The molecule has 0 unspecified atom stereocenters. The van der Waals surface area contributed by atoms with Crippen LogP contribution < -0.4 is 0 Å². The fraction of sp³-hybridized carbons (Fsp3) is 0. The fourth-order valence-corrected chi connectivity index (χ4v) is 0.670. The number of nitro groups is 1. The molecule has 2 heterocycles. The van der Waals surface area contributed by atoms with Gasteiger partial charge in [-0.2, -0.15) is 0 Å². The minimum Gasteiger partial charge on any atom is -0.339 e. The van der Waals surface area contributed by atoms with Gasteiger partial charge in [-0.25, -0.2) is 0 Å². The summed E-state index contributed by atoms with van der Waals surface area (Å²) in [6, 6.07) is 7.20. The van der Waals surface area contributed by atoms with E-state index in [0.29, 0.717) is 4.79 Å². The number of hydrogen-bond donors (Lipinski definition) is 0. The van der Waals surface area contributed by atoms with Crippen molar-refractivity contribution in [2.75, 3.05) is 0 Å². The average Bonchev–Trinajstić information content (AvgIpc) is 2.74. The molecule has 0 fully saturated rings. The summed E-state index contributed by atoms with van der Waals surface area (Å²) in [5, 5.41) is 12.5. The van der Waals surface area contributed by atoms with Gasteiger partial charge in [-0.3, -0.25) is 4.98 Å². The van der Waals surface area contributed by atoms with Gasteiger partial charge < -0.3 is 10.1 Å². The van der Waals surface area contributed by atoms with Crippen LogP contribution in [0.2, 0.25) is 0 Å². The lowest BCUT2D eigenvalue weighted by atomic mass is 10.5. The van der Waals surface area contributed by atoms with E-state index in [1.807, 2.05) is 18.2 Å². The van der Waals surface area contributed by atoms with Gasteiger partial charge in [0.1, 0.15) is 6.20 Å². The molecule has 2 aromatic rings. The summed E-state index contributed by atoms with van der Waals surface area (Å²) in [5.41, 5.74) is 0. The van der Waals surface area contributed by atoms with Gasteiger partial charge in [0.15, 0.2) is 6.20 Å². The van der Waals surface area contributed by atoms with Crippen molar-refractivity contribution in [1.82, 2.24) is 14.9 Å². The van der Waals surface area contributed by atoms with Crippen LogP contribution >= 0.6 is 0 Å². The fourth-order valence-electron chi connectivity index (χ4n) is 0.670. The summed E-state index contributed by atoms with van der Waals surface area (Å²) >= 11 is 0. The van der Waals surface area contributed by atoms with E-state index >= 15 is 0 Å². The lowest BCUT2D eigenvalue weighted by molar-refractivity contribution is -0.552. The van der Waals surface area contributed by atoms with Crippen LogP contribution in [0.3, 0.4) is 0 Å². The second kappa shape index (κ2) is 5.41. The maximum absolute atomic E-state index is 9.77. The molecule has 2 rings (SSSR count). The zero-order valence-corrected chi connectivity index (χ0v) is 7.22. The standard InChI is InChI=1S/C5H5N.C3H3N3O2/c1-2-4-6-5-3-1;7-6(8)5-3-1-2-4-5/h1-5H;1-3H. The van der Waals surface area contributed by atoms with E-state index in [4.69, 9.17) is 0 Å². The molecule has 0 bridgehead atoms. The Bertz CT molecular complexity index is 333. The highest BCUT2D eigenvalue weighted by atomic mass is 16.7. The number of hydrogen-bond acceptors (Lipinski definition) is 4. The van der Waals surface area contributed by atoms with Crippen molar-refractivity contribution in [2.45, 2.75) is 0 Å². The smallest absolute Gasteiger partial charge is 0.167 e. The quantitative estimate of drug-likeness (QED) is 0.499. The van der Waals surface area contributed by atoms with E-state index < -0.39 is 5.03 Å². The number of rotatable bonds is 1. The summed E-state index contributed by atoms with van der Waals surface area (Å²) in [4.78, 5) is 14.2. The molecule has 14 heavy (non-hydrogen) atoms. The Kier molecular flexibility index (Phi) is 3.81. The molecule has 72 valence electrons. The molecule has 0 saturated heterocycles. The first-order valence-electron chi connectivity index (χ1n) is 3.80. The number of pyridine rings is 1. The molecule has 0 aromatic carbocycles. The lowest BCUT2D eigenvalue weighted by Crippen LogP contribution is -2.07. The molecule has 0 saturated carbocycles. The normalized spacial score (nSPS) is 8.57. The van der Waals surface area contributed by atoms with Crippen molar-refractivity contribution >= 4 is 0 Å². The van der Waals surface area contributed by atoms with E-state index in [1.165, 1.54) is 18.5 Å². The minimum atomic E-state index is -0.611. The van der Waals surface area contributed by atoms with Gasteiger partial charge >= 0.3 is 0 Å². The van der Waals surface area contributed by atoms with E-state index in [1.54, 1.807) is 12.4 Å². The van der Waals surface area contributed by atoms with E-state index in [9.17, 15) is 10.1 Å². The van der Waals surface area contributed by atoms with Gasteiger partial charge in [0, 0.05) is 28.3 Å². The molecule has 0 aliphatic heterocycles. The Hall–Kier alpha value is -2.24. The summed E-state index contributed by atoms with van der Waals surface area (Å²) in [6.45, 7) is 0. The van der Waals surface area contributed by atoms with Crippen molar-refractivity contribution in [2.24, 2.45) is 0 Å². The van der Waals surface area contributed by atoms with Crippen LogP contribution in [-0.2, 0) is 0 Å². The summed E-state index contributed by atoms with van der Waals surface area (Å²) in [7, 11) is 0. The highest BCUT2D eigenvalue weighted by molar-refractivity contribution is 4.88. The van der Waals surface area contributed by atoms with Crippen LogP contribution in [0.5, 0.6) is 0 Å². The van der Waals surface area contributed by atoms with Gasteiger partial charge in [0.05, 0.1) is 5.03 Å². The summed E-state index contributed by atoms with van der Waals surface area (Å²) < 4.78 is 0. The Balaban J connectivity index is 0.000000146. The van der Waals surface area contributed by atoms with Crippen LogP contribution in [0.15, 0.2) is 49.1 Å². The molecule has 0 aliphatic rings. The molecule has 0 spiro atoms. The molecule has 0 N–H and O–H groups in total. The molecule has 0 amide bonds. The number of nitrogens with zero attached hydrogens (tertiary/aromatic N) is 4. The van der Waals surface area contributed by atoms with Gasteiger partial charge in [0.25, 0.3) is 0 Å². The lowest BCUT2D eigenvalue weighted by Gasteiger charge is -1.85. The van der Waals surface area contributed by atoms with Crippen molar-refractivity contribution in [1.29, 1.82) is 0 Å². The Morgan fingerprint density at radius 1 is 1.07 bits per heavy atom. The minimum absolute atomic E-state index is 0.611. The second-order valence-corrected chi connectivity index (χ2v) is 2.19. The second-order valence-electron chi connectivity index (χ2n) is 2.19. The molecular weight excluding hydrogens is 184 g/mol. The zero-order valence-electron chi connectivity index (χ0n) is 7.22. The molecule has 0 aliphatic carbocycles. The Labute approximate surface area is 79.9 Å². The first-order chi connectivity index (χ1) is 6.80. The van der Waals surface area contributed by atoms with Crippen LogP contribution in [0.1, 0.15) is 0 Å². The van der Waals surface area contributed by atoms with Crippen molar-refractivity contribution < 1.29 is 5.03 Å². The predicted octanol–water partition coefficient (Wildman–Crippen LogP) is 1.00. The third kappa shape index (κ3) is 3.44. The van der Waals surface area contributed by atoms with Crippen LogP contribution in [0.4, 0.5) is 0 Å². The van der Waals surface area contributed by atoms with E-state index in [0.717, 1.165) is 0 Å². The monoisotopic (exact) mass is 192 g/mol. The maximum Gasteiger partial charge on any atom is 0.167 e. The SMILES string of the molecule is O=[N+]([O-])n1cccn1.c1ccncc1. The van der Waals surface area contributed by atoms with Crippen molar-refractivity contribution in [3.05, 3.63) is 59.2 Å². The van der Waals surface area contributed by atoms with Crippen LogP contribution in [0, 0.1) is 10.1 Å². The average molecular weight is 192 g/mol. The highest BCUT2D eigenvalue weighted by Crippen LogP contribution is 1.79. The summed E-state index contributed by atoms with van der Waals surface area (Å²) in [6.07, 6.45) is 6.11. The van der Waals surface area contributed by atoms with Crippen molar-refractivity contribution in [3.8, 4) is 0 Å². The molecular formula is C8H8N4O2. The third-order valence-electron chi connectivity index (χ3n) is 1.22. The topological polar surface area (TPSA) is 73.8 Å². The van der Waals surface area contributed by atoms with Gasteiger partial charge in [-0.15, -0.1) is 0 Å². The molecule has 0 atom stereocenters. The first-order valence-corrected chi connectivity index (χ1v) is 3.80. The van der Waals surface area contributed by atoms with Gasteiger partial charge in [-0.1, -0.05) is 6.07 Å². The highest BCUT2D eigenvalue weighted by Gasteiger charge is 1.94. The number of aromatic nitrogens is 3. The predicted molar refractivity (Wildman–Crippen MR) is 48.9 cm³/mol. The Morgan fingerprint density at radius 2 is 1.79 bits per heavy atom. The van der Waals surface area contributed by atoms with Crippen molar-refractivity contribution in [3.63, 3.8) is 0 Å². The molecule has 6 heteroatoms. The van der Waals surface area contributed by atoms with E-state index in [-0.39, 0.29) is 0 Å². The maximum atomic E-state index is 9.77. The van der Waals surface area contributed by atoms with E-state index in [2.05, 4.69) is 10.1 Å². The van der Waals surface area contributed by atoms with Crippen LogP contribution in [-0.4, -0.2) is 19.9 Å². The van der Waals surface area contributed by atoms with Crippen LogP contribution in [0.25, 0.3) is 0 Å². The molecule has 2 aromatic heterocycles. The first kappa shape index (κ1) is 9.85. The zero-order chi connectivity index (χ0) is 10.2. The largest absolute Gasteiger partial charge is 0.339 e. The molecule has 6 nitrogen and oxygen atoms in total. The summed E-state index contributed by atoms with van der Waals surface area (Å²) in [5.74, 6) is 0. The van der Waals surface area contributed by atoms with Gasteiger partial charge in [0.2, 0.25) is 0 Å². The Morgan fingerprint density at radius 3 is 2.00 bits per heavy atom. The third-order valence-corrected chi connectivity index (χ3v) is 1.22. The molecule has 0 radical (unpaired) electrons.